The minimum atomic E-state index is -0.609. The van der Waals surface area contributed by atoms with E-state index in [9.17, 15) is 9.59 Å². The maximum Gasteiger partial charge on any atom is 0.265 e. The summed E-state index contributed by atoms with van der Waals surface area (Å²) in [5.41, 5.74) is 5.84. The first-order valence-electron chi connectivity index (χ1n) is 7.06. The Morgan fingerprint density at radius 3 is 2.62 bits per heavy atom. The summed E-state index contributed by atoms with van der Waals surface area (Å²) in [5.74, 6) is -0.380. The van der Waals surface area contributed by atoms with Crippen molar-refractivity contribution in [3.8, 4) is 0 Å². The quantitative estimate of drug-likeness (QED) is 0.755. The van der Waals surface area contributed by atoms with E-state index >= 15 is 0 Å². The van der Waals surface area contributed by atoms with Crippen LogP contribution in [0.4, 0.5) is 10.9 Å². The third-order valence-corrected chi connectivity index (χ3v) is 4.59. The molecule has 116 valence electrons. The number of rotatable bonds is 4. The number of amides is 2. The molecule has 1 aromatic heterocycles. The maximum atomic E-state index is 12.2. The number of nitrogens with one attached hydrogen (secondary N) is 2. The third kappa shape index (κ3) is 3.63. The van der Waals surface area contributed by atoms with E-state index in [1.165, 1.54) is 24.8 Å². The Morgan fingerprint density at radius 1 is 1.33 bits per heavy atom. The zero-order chi connectivity index (χ0) is 15.4. The molecule has 0 bridgehead atoms. The molecule has 7 nitrogen and oxygen atoms in total. The minimum absolute atomic E-state index is 0.224. The predicted octanol–water partition coefficient (Wildman–Crippen LogP) is 0.580. The van der Waals surface area contributed by atoms with Crippen molar-refractivity contribution in [1.82, 2.24) is 15.6 Å². The van der Waals surface area contributed by atoms with E-state index in [2.05, 4.69) is 20.5 Å². The van der Waals surface area contributed by atoms with Crippen molar-refractivity contribution >= 4 is 34.1 Å². The lowest BCUT2D eigenvalue weighted by Gasteiger charge is -2.25. The second-order valence-electron chi connectivity index (χ2n) is 5.07. The number of thiazole rings is 1. The molecule has 1 saturated heterocycles. The average Bonchev–Trinajstić information content (AvgIpc) is 2.89. The number of likely N-dealkylation sites (N-methyl/N-ethyl adjacent to an activating group) is 1. The number of hydrogen-bond acceptors (Lipinski definition) is 6. The fourth-order valence-electron chi connectivity index (χ4n) is 2.25. The van der Waals surface area contributed by atoms with Gasteiger partial charge in [-0.25, -0.2) is 4.98 Å². The number of piperidine rings is 1. The number of nitrogen functional groups attached to an aromatic ring is 1. The summed E-state index contributed by atoms with van der Waals surface area (Å²) in [7, 11) is 1.53. The zero-order valence-corrected chi connectivity index (χ0v) is 13.1. The minimum Gasteiger partial charge on any atom is -0.382 e. The molecule has 21 heavy (non-hydrogen) atoms. The highest BCUT2D eigenvalue weighted by atomic mass is 32.1. The SMILES string of the molecule is CNC(=O)C(C)NC(=O)c1sc(N2CCCCC2)nc1N. The molecule has 0 aliphatic carbocycles. The van der Waals surface area contributed by atoms with Gasteiger partial charge in [-0.05, 0) is 26.2 Å². The van der Waals surface area contributed by atoms with Gasteiger partial charge in [-0.1, -0.05) is 11.3 Å². The molecule has 2 amide bonds. The van der Waals surface area contributed by atoms with Crippen molar-refractivity contribution in [2.75, 3.05) is 30.8 Å². The fraction of sp³-hybridized carbons (Fsp3) is 0.615. The summed E-state index contributed by atoms with van der Waals surface area (Å²) in [4.78, 5) is 30.4. The van der Waals surface area contributed by atoms with Crippen LogP contribution in [0.25, 0.3) is 0 Å². The predicted molar refractivity (Wildman–Crippen MR) is 83.6 cm³/mol. The molecule has 1 aliphatic rings. The van der Waals surface area contributed by atoms with Crippen LogP contribution in [-0.4, -0.2) is 43.0 Å². The van der Waals surface area contributed by atoms with Crippen molar-refractivity contribution in [2.24, 2.45) is 0 Å². The van der Waals surface area contributed by atoms with Crippen molar-refractivity contribution in [3.63, 3.8) is 0 Å². The van der Waals surface area contributed by atoms with Crippen molar-refractivity contribution < 1.29 is 9.59 Å². The molecule has 1 aromatic rings. The van der Waals surface area contributed by atoms with Gasteiger partial charge in [0.1, 0.15) is 16.7 Å². The van der Waals surface area contributed by atoms with E-state index in [0.29, 0.717) is 4.88 Å². The summed E-state index contributed by atoms with van der Waals surface area (Å²) in [6.45, 7) is 3.52. The Labute approximate surface area is 127 Å². The molecule has 2 rings (SSSR count). The van der Waals surface area contributed by atoms with Gasteiger partial charge in [0, 0.05) is 20.1 Å². The van der Waals surface area contributed by atoms with Crippen molar-refractivity contribution in [1.29, 1.82) is 0 Å². The van der Waals surface area contributed by atoms with Gasteiger partial charge < -0.3 is 21.3 Å². The Balaban J connectivity index is 2.07. The summed E-state index contributed by atoms with van der Waals surface area (Å²) in [6.07, 6.45) is 3.50. The van der Waals surface area contributed by atoms with Crippen LogP contribution in [-0.2, 0) is 4.79 Å². The van der Waals surface area contributed by atoms with E-state index in [4.69, 9.17) is 5.73 Å². The van der Waals surface area contributed by atoms with Crippen LogP contribution in [0, 0.1) is 0 Å². The van der Waals surface area contributed by atoms with E-state index in [1.807, 2.05) is 0 Å². The largest absolute Gasteiger partial charge is 0.382 e. The normalized spacial score (nSPS) is 16.4. The van der Waals surface area contributed by atoms with Gasteiger partial charge in [0.2, 0.25) is 5.91 Å². The summed E-state index contributed by atoms with van der Waals surface area (Å²) in [5, 5.41) is 5.89. The van der Waals surface area contributed by atoms with E-state index in [1.54, 1.807) is 6.92 Å². The smallest absolute Gasteiger partial charge is 0.265 e. The lowest BCUT2D eigenvalue weighted by atomic mass is 10.1. The number of nitrogens with two attached hydrogens (primary N) is 1. The molecule has 0 saturated carbocycles. The summed E-state index contributed by atoms with van der Waals surface area (Å²) >= 11 is 1.28. The lowest BCUT2D eigenvalue weighted by Crippen LogP contribution is -2.43. The number of aromatic nitrogens is 1. The van der Waals surface area contributed by atoms with Crippen molar-refractivity contribution in [2.45, 2.75) is 32.2 Å². The second kappa shape index (κ2) is 6.75. The van der Waals surface area contributed by atoms with E-state index < -0.39 is 6.04 Å². The first-order chi connectivity index (χ1) is 10.0. The Morgan fingerprint density at radius 2 is 2.00 bits per heavy atom. The molecule has 2 heterocycles. The Bertz CT molecular complexity index is 525. The second-order valence-corrected chi connectivity index (χ2v) is 6.05. The Hall–Kier alpha value is -1.83. The standard InChI is InChI=1S/C13H21N5O2S/c1-8(11(19)15-2)16-12(20)9-10(14)17-13(21-9)18-6-4-3-5-7-18/h8H,3-7,14H2,1-2H3,(H,15,19)(H,16,20). The molecule has 0 radical (unpaired) electrons. The van der Waals surface area contributed by atoms with Gasteiger partial charge in [0.25, 0.3) is 5.91 Å². The van der Waals surface area contributed by atoms with Crippen LogP contribution in [0.3, 0.4) is 0 Å². The highest BCUT2D eigenvalue weighted by Crippen LogP contribution is 2.29. The third-order valence-electron chi connectivity index (χ3n) is 3.46. The average molecular weight is 311 g/mol. The maximum absolute atomic E-state index is 12.2. The molecule has 1 atom stereocenters. The van der Waals surface area contributed by atoms with Gasteiger partial charge in [-0.3, -0.25) is 9.59 Å². The van der Waals surface area contributed by atoms with Gasteiger partial charge in [0.05, 0.1) is 0 Å². The molecule has 1 fully saturated rings. The topological polar surface area (TPSA) is 100 Å². The number of hydrogen-bond donors (Lipinski definition) is 3. The summed E-state index contributed by atoms with van der Waals surface area (Å²) in [6, 6.07) is -0.609. The Kier molecular flexibility index (Phi) is 5.00. The highest BCUT2D eigenvalue weighted by Gasteiger charge is 2.23. The first kappa shape index (κ1) is 15.6. The highest BCUT2D eigenvalue weighted by molar-refractivity contribution is 7.18. The van der Waals surface area contributed by atoms with Crippen LogP contribution in [0.15, 0.2) is 0 Å². The van der Waals surface area contributed by atoms with Crippen LogP contribution in [0.2, 0.25) is 0 Å². The molecular weight excluding hydrogens is 290 g/mol. The number of carbonyl (C=O) groups excluding carboxylic acids is 2. The number of nitrogens with zero attached hydrogens (tertiary/aromatic N) is 2. The molecule has 0 spiro atoms. The van der Waals surface area contributed by atoms with Gasteiger partial charge in [0.15, 0.2) is 5.13 Å². The molecule has 1 unspecified atom stereocenters. The zero-order valence-electron chi connectivity index (χ0n) is 12.3. The molecule has 1 aliphatic heterocycles. The van der Waals surface area contributed by atoms with Crippen LogP contribution in [0.1, 0.15) is 35.9 Å². The van der Waals surface area contributed by atoms with Gasteiger partial charge >= 0.3 is 0 Å². The monoisotopic (exact) mass is 311 g/mol. The molecular formula is C13H21N5O2S. The van der Waals surface area contributed by atoms with Crippen LogP contribution >= 0.6 is 11.3 Å². The molecule has 0 aromatic carbocycles. The first-order valence-corrected chi connectivity index (χ1v) is 7.88. The lowest BCUT2D eigenvalue weighted by molar-refractivity contribution is -0.122. The summed E-state index contributed by atoms with van der Waals surface area (Å²) < 4.78 is 0. The number of carbonyl (C=O) groups is 2. The molecule has 8 heteroatoms. The van der Waals surface area contributed by atoms with E-state index in [-0.39, 0.29) is 17.6 Å². The van der Waals surface area contributed by atoms with Gasteiger partial charge in [-0.2, -0.15) is 0 Å². The molecule has 4 N–H and O–H groups in total. The van der Waals surface area contributed by atoms with Gasteiger partial charge in [-0.15, -0.1) is 0 Å². The van der Waals surface area contributed by atoms with Crippen LogP contribution < -0.4 is 21.3 Å². The fourth-order valence-corrected chi connectivity index (χ4v) is 3.19. The van der Waals surface area contributed by atoms with E-state index in [0.717, 1.165) is 31.1 Å². The van der Waals surface area contributed by atoms with Crippen LogP contribution in [0.5, 0.6) is 0 Å². The van der Waals surface area contributed by atoms with Crippen molar-refractivity contribution in [3.05, 3.63) is 4.88 Å². The number of anilines is 2.